The molecule has 1 aromatic carbocycles. The van der Waals surface area contributed by atoms with Crippen LogP contribution in [0.1, 0.15) is 38.3 Å². The lowest BCUT2D eigenvalue weighted by molar-refractivity contribution is -0.0498. The fraction of sp³-hybridized carbons (Fsp3) is 0.562. The monoisotopic (exact) mass is 330 g/mol. The van der Waals surface area contributed by atoms with Crippen LogP contribution >= 0.6 is 0 Å². The molecule has 7 heteroatoms. The molecule has 2 N–H and O–H groups in total. The largest absolute Gasteiger partial charge is 0.435 e. The Bertz CT molecular complexity index is 469. The van der Waals surface area contributed by atoms with Gasteiger partial charge in [-0.05, 0) is 31.0 Å². The van der Waals surface area contributed by atoms with Crippen molar-refractivity contribution < 1.29 is 23.4 Å². The van der Waals surface area contributed by atoms with Gasteiger partial charge < -0.3 is 20.1 Å². The second-order valence-corrected chi connectivity index (χ2v) is 5.18. The minimum Gasteiger partial charge on any atom is -0.435 e. The molecule has 0 aliphatic carbocycles. The van der Waals surface area contributed by atoms with Gasteiger partial charge in [0.2, 0.25) is 0 Å². The third kappa shape index (κ3) is 6.81. The van der Waals surface area contributed by atoms with Crippen LogP contribution < -0.4 is 10.1 Å². The number of ether oxygens (including phenoxy) is 1. The molecule has 1 unspecified atom stereocenters. The molecule has 0 saturated heterocycles. The number of nitrogens with one attached hydrogen (secondary N) is 1. The van der Waals surface area contributed by atoms with E-state index in [0.717, 1.165) is 18.4 Å². The molecule has 0 aliphatic rings. The first-order valence-corrected chi connectivity index (χ1v) is 7.69. The summed E-state index contributed by atoms with van der Waals surface area (Å²) in [7, 11) is 0. The number of hydrogen-bond donors (Lipinski definition) is 2. The summed E-state index contributed by atoms with van der Waals surface area (Å²) < 4.78 is 28.5. The van der Waals surface area contributed by atoms with E-state index in [1.165, 1.54) is 12.1 Å². The third-order valence-corrected chi connectivity index (χ3v) is 3.38. The Kier molecular flexibility index (Phi) is 8.32. The fourth-order valence-corrected chi connectivity index (χ4v) is 2.08. The lowest BCUT2D eigenvalue weighted by Gasteiger charge is -2.24. The zero-order chi connectivity index (χ0) is 17.2. The molecule has 0 aliphatic heterocycles. The van der Waals surface area contributed by atoms with E-state index in [9.17, 15) is 13.6 Å². The number of halogens is 2. The number of amides is 2. The topological polar surface area (TPSA) is 61.8 Å². The van der Waals surface area contributed by atoms with Crippen LogP contribution in [0, 0.1) is 0 Å². The van der Waals surface area contributed by atoms with Gasteiger partial charge in [-0.15, -0.1) is 0 Å². The number of unbranched alkanes of at least 4 members (excludes halogenated alkanes) is 1. The summed E-state index contributed by atoms with van der Waals surface area (Å²) in [6, 6.07) is 5.59. The van der Waals surface area contributed by atoms with E-state index >= 15 is 0 Å². The highest BCUT2D eigenvalue weighted by molar-refractivity contribution is 5.74. The quantitative estimate of drug-likeness (QED) is 0.731. The lowest BCUT2D eigenvalue weighted by atomic mass is 10.1. The second kappa shape index (κ2) is 9.99. The molecule has 2 amide bonds. The number of carbonyl (C=O) groups excluding carboxylic acids is 1. The molecule has 5 nitrogen and oxygen atoms in total. The zero-order valence-electron chi connectivity index (χ0n) is 13.5. The Labute approximate surface area is 135 Å². The molecule has 0 bridgehead atoms. The maximum absolute atomic E-state index is 12.2. The fourth-order valence-electron chi connectivity index (χ4n) is 2.08. The minimum atomic E-state index is -2.86. The van der Waals surface area contributed by atoms with Gasteiger partial charge in [-0.2, -0.15) is 8.78 Å². The number of aliphatic hydroxyl groups excluding tert-OH is 1. The summed E-state index contributed by atoms with van der Waals surface area (Å²) in [5, 5.41) is 11.9. The first-order valence-electron chi connectivity index (χ1n) is 7.69. The standard InChI is InChI=1S/C16H24F2N2O3/c1-3-4-9-20(10-11-21)16(22)19-12(2)13-5-7-14(8-6-13)23-15(17)18/h5-8,12,15,21H,3-4,9-11H2,1-2H3,(H,19,22). The zero-order valence-corrected chi connectivity index (χ0v) is 13.5. The van der Waals surface area contributed by atoms with Gasteiger partial charge in [-0.25, -0.2) is 4.79 Å². The molecule has 0 heterocycles. The number of urea groups is 1. The Morgan fingerprint density at radius 3 is 2.48 bits per heavy atom. The smallest absolute Gasteiger partial charge is 0.387 e. The Balaban J connectivity index is 2.62. The molecule has 0 aromatic heterocycles. The number of aliphatic hydroxyl groups is 1. The number of hydrogen-bond acceptors (Lipinski definition) is 3. The van der Waals surface area contributed by atoms with Gasteiger partial charge in [-0.3, -0.25) is 0 Å². The normalized spacial score (nSPS) is 12.1. The summed E-state index contributed by atoms with van der Waals surface area (Å²) in [5.41, 5.74) is 0.777. The van der Waals surface area contributed by atoms with Crippen LogP contribution in [0.25, 0.3) is 0 Å². The average Bonchev–Trinajstić information content (AvgIpc) is 2.51. The predicted octanol–water partition coefficient (Wildman–Crippen LogP) is 3.15. The highest BCUT2D eigenvalue weighted by atomic mass is 19.3. The average molecular weight is 330 g/mol. The first kappa shape index (κ1) is 19.2. The van der Waals surface area contributed by atoms with Crippen LogP contribution in [0.2, 0.25) is 0 Å². The van der Waals surface area contributed by atoms with Crippen molar-refractivity contribution in [3.63, 3.8) is 0 Å². The van der Waals surface area contributed by atoms with Crippen molar-refractivity contribution in [1.29, 1.82) is 0 Å². The highest BCUT2D eigenvalue weighted by Crippen LogP contribution is 2.19. The van der Waals surface area contributed by atoms with Crippen LogP contribution in [-0.4, -0.2) is 42.3 Å². The van der Waals surface area contributed by atoms with E-state index in [2.05, 4.69) is 10.1 Å². The van der Waals surface area contributed by atoms with Crippen LogP contribution in [0.4, 0.5) is 13.6 Å². The van der Waals surface area contributed by atoms with Crippen molar-refractivity contribution in [3.05, 3.63) is 29.8 Å². The van der Waals surface area contributed by atoms with E-state index in [0.29, 0.717) is 6.54 Å². The third-order valence-electron chi connectivity index (χ3n) is 3.38. The molecule has 1 atom stereocenters. The molecule has 0 saturated carbocycles. The Morgan fingerprint density at radius 1 is 1.30 bits per heavy atom. The Morgan fingerprint density at radius 2 is 1.96 bits per heavy atom. The summed E-state index contributed by atoms with van der Waals surface area (Å²) in [6.45, 7) is 1.74. The van der Waals surface area contributed by atoms with Gasteiger partial charge >= 0.3 is 12.6 Å². The number of benzene rings is 1. The number of nitrogens with zero attached hydrogens (tertiary/aromatic N) is 1. The predicted molar refractivity (Wildman–Crippen MR) is 83.6 cm³/mol. The van der Waals surface area contributed by atoms with Gasteiger partial charge in [0.25, 0.3) is 0 Å². The van der Waals surface area contributed by atoms with E-state index in [1.54, 1.807) is 24.0 Å². The molecule has 130 valence electrons. The van der Waals surface area contributed by atoms with Crippen molar-refractivity contribution in [2.45, 2.75) is 39.3 Å². The van der Waals surface area contributed by atoms with Crippen LogP contribution in [-0.2, 0) is 0 Å². The van der Waals surface area contributed by atoms with Gasteiger partial charge in [0, 0.05) is 13.1 Å². The van der Waals surface area contributed by atoms with Gasteiger partial charge in [0.1, 0.15) is 5.75 Å². The first-order chi connectivity index (χ1) is 11.0. The molecular formula is C16H24F2N2O3. The summed E-state index contributed by atoms with van der Waals surface area (Å²) in [4.78, 5) is 13.8. The van der Waals surface area contributed by atoms with E-state index in [4.69, 9.17) is 5.11 Å². The number of carbonyl (C=O) groups is 1. The van der Waals surface area contributed by atoms with Gasteiger partial charge in [0.05, 0.1) is 12.6 Å². The lowest BCUT2D eigenvalue weighted by Crippen LogP contribution is -2.42. The van der Waals surface area contributed by atoms with Gasteiger partial charge in [-0.1, -0.05) is 25.5 Å². The van der Waals surface area contributed by atoms with Crippen molar-refractivity contribution in [2.24, 2.45) is 0 Å². The molecular weight excluding hydrogens is 306 g/mol. The number of rotatable bonds is 9. The highest BCUT2D eigenvalue weighted by Gasteiger charge is 2.16. The molecule has 1 aromatic rings. The summed E-state index contributed by atoms with van der Waals surface area (Å²) in [6.07, 6.45) is 1.82. The molecule has 1 rings (SSSR count). The maximum Gasteiger partial charge on any atom is 0.387 e. The van der Waals surface area contributed by atoms with Gasteiger partial charge in [0.15, 0.2) is 0 Å². The second-order valence-electron chi connectivity index (χ2n) is 5.18. The molecule has 23 heavy (non-hydrogen) atoms. The summed E-state index contributed by atoms with van der Waals surface area (Å²) >= 11 is 0. The van der Waals surface area contributed by atoms with Crippen LogP contribution in [0.3, 0.4) is 0 Å². The van der Waals surface area contributed by atoms with E-state index < -0.39 is 6.61 Å². The van der Waals surface area contributed by atoms with E-state index in [1.807, 2.05) is 6.92 Å². The van der Waals surface area contributed by atoms with Crippen molar-refractivity contribution in [3.8, 4) is 5.75 Å². The Hall–Kier alpha value is -1.89. The maximum atomic E-state index is 12.2. The van der Waals surface area contributed by atoms with Crippen molar-refractivity contribution in [1.82, 2.24) is 10.2 Å². The molecule has 0 fully saturated rings. The summed E-state index contributed by atoms with van der Waals surface area (Å²) in [5.74, 6) is 0.0760. The molecule has 0 radical (unpaired) electrons. The van der Waals surface area contributed by atoms with Crippen LogP contribution in [0.5, 0.6) is 5.75 Å². The molecule has 0 spiro atoms. The minimum absolute atomic E-state index is 0.0760. The van der Waals surface area contributed by atoms with Crippen molar-refractivity contribution >= 4 is 6.03 Å². The van der Waals surface area contributed by atoms with Crippen molar-refractivity contribution in [2.75, 3.05) is 19.7 Å². The number of alkyl halides is 2. The SMILES string of the molecule is CCCCN(CCO)C(=O)NC(C)c1ccc(OC(F)F)cc1. The van der Waals surface area contributed by atoms with E-state index in [-0.39, 0.29) is 31.0 Å². The van der Waals surface area contributed by atoms with Crippen LogP contribution in [0.15, 0.2) is 24.3 Å².